The number of benzene rings is 4. The van der Waals surface area contributed by atoms with Crippen molar-refractivity contribution in [1.29, 1.82) is 0 Å². The minimum Gasteiger partial charge on any atom is -0.507 e. The molecule has 1 saturated heterocycles. The summed E-state index contributed by atoms with van der Waals surface area (Å²) in [6, 6.07) is 25.9. The zero-order valence-corrected chi connectivity index (χ0v) is 19.5. The Bertz CT molecular complexity index is 1320. The lowest BCUT2D eigenvalue weighted by Gasteiger charge is -2.36. The summed E-state index contributed by atoms with van der Waals surface area (Å²) in [5, 5.41) is 16.0. The molecule has 0 aromatic heterocycles. The van der Waals surface area contributed by atoms with Gasteiger partial charge in [0.25, 0.3) is 5.91 Å². The fourth-order valence-corrected chi connectivity index (χ4v) is 4.66. The average molecular weight is 470 g/mol. The lowest BCUT2D eigenvalue weighted by Crippen LogP contribution is -2.46. The molecule has 0 unspecified atom stereocenters. The van der Waals surface area contributed by atoms with Gasteiger partial charge < -0.3 is 15.3 Å². The molecule has 1 heterocycles. The van der Waals surface area contributed by atoms with E-state index in [1.54, 1.807) is 6.07 Å². The van der Waals surface area contributed by atoms with Gasteiger partial charge in [0.2, 0.25) is 0 Å². The van der Waals surface area contributed by atoms with E-state index in [1.807, 2.05) is 66.7 Å². The van der Waals surface area contributed by atoms with Crippen LogP contribution in [-0.2, 0) is 13.1 Å². The number of anilines is 1. The molecule has 0 radical (unpaired) electrons. The molecule has 1 aliphatic heterocycles. The Morgan fingerprint density at radius 3 is 2.31 bits per heavy atom. The van der Waals surface area contributed by atoms with Gasteiger partial charge in [-0.05, 0) is 46.7 Å². The van der Waals surface area contributed by atoms with Crippen molar-refractivity contribution in [3.05, 3.63) is 107 Å². The number of nitrogens with zero attached hydrogens (tertiary/aromatic N) is 2. The molecule has 1 fully saturated rings. The smallest absolute Gasteiger partial charge is 0.255 e. The van der Waals surface area contributed by atoms with Crippen molar-refractivity contribution < 1.29 is 14.3 Å². The number of halogens is 1. The summed E-state index contributed by atoms with van der Waals surface area (Å²) in [6.45, 7) is 4.16. The molecule has 2 N–H and O–H groups in total. The highest BCUT2D eigenvalue weighted by Crippen LogP contribution is 2.33. The van der Waals surface area contributed by atoms with Gasteiger partial charge in [-0.2, -0.15) is 0 Å². The van der Waals surface area contributed by atoms with E-state index in [1.165, 1.54) is 12.1 Å². The molecule has 1 amide bonds. The largest absolute Gasteiger partial charge is 0.507 e. The van der Waals surface area contributed by atoms with Crippen LogP contribution in [0.5, 0.6) is 5.75 Å². The van der Waals surface area contributed by atoms with Crippen LogP contribution in [0.3, 0.4) is 0 Å². The SMILES string of the molecule is O=C(NCc1ccccc1)c1cc2ccccc2c(CN2CCN(c3ccc(F)cc3)CC2)c1O. The number of aromatic hydroxyl groups is 1. The number of carbonyl (C=O) groups excluding carboxylic acids is 1. The van der Waals surface area contributed by atoms with Crippen molar-refractivity contribution in [3.8, 4) is 5.75 Å². The Hall–Kier alpha value is -3.90. The predicted octanol–water partition coefficient (Wildman–Crippen LogP) is 4.94. The Morgan fingerprint density at radius 1 is 0.886 bits per heavy atom. The Labute approximate surface area is 204 Å². The summed E-state index contributed by atoms with van der Waals surface area (Å²) < 4.78 is 13.3. The second kappa shape index (κ2) is 10.2. The first-order valence-corrected chi connectivity index (χ1v) is 11.9. The molecule has 178 valence electrons. The minimum atomic E-state index is -0.292. The van der Waals surface area contributed by atoms with E-state index >= 15 is 0 Å². The van der Waals surface area contributed by atoms with Crippen LogP contribution in [0, 0.1) is 5.82 Å². The molecule has 4 aromatic carbocycles. The normalized spacial score (nSPS) is 14.3. The van der Waals surface area contributed by atoms with E-state index < -0.39 is 0 Å². The fourth-order valence-electron chi connectivity index (χ4n) is 4.66. The number of phenolic OH excluding ortho intramolecular Hbond substituents is 1. The first kappa shape index (κ1) is 22.9. The topological polar surface area (TPSA) is 55.8 Å². The van der Waals surface area contributed by atoms with E-state index in [2.05, 4.69) is 15.1 Å². The summed E-state index contributed by atoms with van der Waals surface area (Å²) in [7, 11) is 0. The maximum Gasteiger partial charge on any atom is 0.255 e. The summed E-state index contributed by atoms with van der Waals surface area (Å²) in [6.07, 6.45) is 0. The second-order valence-corrected chi connectivity index (χ2v) is 8.88. The van der Waals surface area contributed by atoms with Gasteiger partial charge in [0.15, 0.2) is 0 Å². The van der Waals surface area contributed by atoms with E-state index in [0.717, 1.165) is 53.8 Å². The number of fused-ring (bicyclic) bond motifs is 1. The highest BCUT2D eigenvalue weighted by atomic mass is 19.1. The van der Waals surface area contributed by atoms with Crippen LogP contribution >= 0.6 is 0 Å². The number of rotatable bonds is 6. The van der Waals surface area contributed by atoms with Crippen molar-refractivity contribution in [3.63, 3.8) is 0 Å². The molecule has 1 aliphatic rings. The number of hydrogen-bond donors (Lipinski definition) is 2. The average Bonchev–Trinajstić information content (AvgIpc) is 2.90. The van der Waals surface area contributed by atoms with E-state index in [4.69, 9.17) is 0 Å². The van der Waals surface area contributed by atoms with Gasteiger partial charge in [-0.15, -0.1) is 0 Å². The number of phenols is 1. The Balaban J connectivity index is 1.34. The van der Waals surface area contributed by atoms with Crippen molar-refractivity contribution >= 4 is 22.4 Å². The third-order valence-electron chi connectivity index (χ3n) is 6.61. The van der Waals surface area contributed by atoms with Crippen molar-refractivity contribution in [1.82, 2.24) is 10.2 Å². The molecule has 5 rings (SSSR count). The van der Waals surface area contributed by atoms with E-state index in [9.17, 15) is 14.3 Å². The molecular weight excluding hydrogens is 441 g/mol. The lowest BCUT2D eigenvalue weighted by molar-refractivity contribution is 0.0948. The standard InChI is InChI=1S/C29H28FN3O2/c30-23-10-12-24(13-11-23)33-16-14-32(15-17-33)20-27-25-9-5-4-8-22(25)18-26(28(27)34)29(35)31-19-21-6-2-1-3-7-21/h1-13,18,34H,14-17,19-20H2,(H,31,35). The fraction of sp³-hybridized carbons (Fsp3) is 0.207. The molecule has 5 nitrogen and oxygen atoms in total. The van der Waals surface area contributed by atoms with Gasteiger partial charge in [-0.3, -0.25) is 9.69 Å². The molecule has 35 heavy (non-hydrogen) atoms. The van der Waals surface area contributed by atoms with Gasteiger partial charge in [-0.25, -0.2) is 4.39 Å². The number of hydrogen-bond acceptors (Lipinski definition) is 4. The molecular formula is C29H28FN3O2. The molecule has 0 saturated carbocycles. The number of amides is 1. The maximum absolute atomic E-state index is 13.3. The zero-order valence-electron chi connectivity index (χ0n) is 19.5. The van der Waals surface area contributed by atoms with Crippen LogP contribution < -0.4 is 10.2 Å². The highest BCUT2D eigenvalue weighted by Gasteiger charge is 2.22. The maximum atomic E-state index is 13.3. The molecule has 0 atom stereocenters. The summed E-state index contributed by atoms with van der Waals surface area (Å²) in [5.41, 5.74) is 3.07. The van der Waals surface area contributed by atoms with Gasteiger partial charge in [0, 0.05) is 50.5 Å². The predicted molar refractivity (Wildman–Crippen MR) is 137 cm³/mol. The molecule has 6 heteroatoms. The van der Waals surface area contributed by atoms with Gasteiger partial charge in [0.05, 0.1) is 5.56 Å². The second-order valence-electron chi connectivity index (χ2n) is 8.88. The van der Waals surface area contributed by atoms with Crippen molar-refractivity contribution in [2.75, 3.05) is 31.1 Å². The minimum absolute atomic E-state index is 0.0372. The lowest BCUT2D eigenvalue weighted by atomic mass is 9.98. The van der Waals surface area contributed by atoms with E-state index in [0.29, 0.717) is 18.7 Å². The van der Waals surface area contributed by atoms with Crippen LogP contribution in [0.2, 0.25) is 0 Å². The monoisotopic (exact) mass is 469 g/mol. The highest BCUT2D eigenvalue weighted by molar-refractivity contribution is 6.03. The van der Waals surface area contributed by atoms with Crippen LogP contribution in [0.25, 0.3) is 10.8 Å². The summed E-state index contributed by atoms with van der Waals surface area (Å²) >= 11 is 0. The first-order chi connectivity index (χ1) is 17.1. The number of piperazine rings is 1. The Kier molecular flexibility index (Phi) is 6.64. The van der Waals surface area contributed by atoms with Crippen molar-refractivity contribution in [2.45, 2.75) is 13.1 Å². The molecule has 4 aromatic rings. The van der Waals surface area contributed by atoms with Crippen LogP contribution in [-0.4, -0.2) is 42.1 Å². The quantitative estimate of drug-likeness (QED) is 0.420. The molecule has 0 spiro atoms. The summed E-state index contributed by atoms with van der Waals surface area (Å²) in [5.74, 6) is -0.489. The van der Waals surface area contributed by atoms with E-state index in [-0.39, 0.29) is 17.5 Å². The molecule has 0 bridgehead atoms. The van der Waals surface area contributed by atoms with Crippen molar-refractivity contribution in [2.24, 2.45) is 0 Å². The number of nitrogens with one attached hydrogen (secondary N) is 1. The number of carbonyl (C=O) groups is 1. The summed E-state index contributed by atoms with van der Waals surface area (Å²) in [4.78, 5) is 17.6. The molecule has 0 aliphatic carbocycles. The van der Waals surface area contributed by atoms with Gasteiger partial charge in [-0.1, -0.05) is 54.6 Å². The third-order valence-corrected chi connectivity index (χ3v) is 6.61. The first-order valence-electron chi connectivity index (χ1n) is 11.9. The van der Waals surface area contributed by atoms with Crippen LogP contribution in [0.1, 0.15) is 21.5 Å². The zero-order chi connectivity index (χ0) is 24.2. The van der Waals surface area contributed by atoms with Gasteiger partial charge >= 0.3 is 0 Å². The van der Waals surface area contributed by atoms with Gasteiger partial charge in [0.1, 0.15) is 11.6 Å². The van der Waals surface area contributed by atoms with Crippen LogP contribution in [0.15, 0.2) is 84.9 Å². The Morgan fingerprint density at radius 2 is 1.57 bits per heavy atom. The third kappa shape index (κ3) is 5.12. The van der Waals surface area contributed by atoms with Crippen LogP contribution in [0.4, 0.5) is 10.1 Å².